The molecule has 7 nitrogen and oxygen atoms in total. The third kappa shape index (κ3) is 3.72. The van der Waals surface area contributed by atoms with Crippen LogP contribution in [-0.4, -0.2) is 44.4 Å². The van der Waals surface area contributed by atoms with Gasteiger partial charge in [0.2, 0.25) is 10.0 Å². The number of nitrogens with one attached hydrogen (secondary N) is 2. The van der Waals surface area contributed by atoms with E-state index in [-0.39, 0.29) is 10.9 Å². The highest BCUT2D eigenvalue weighted by Crippen LogP contribution is 2.26. The first kappa shape index (κ1) is 17.2. The van der Waals surface area contributed by atoms with E-state index in [1.807, 2.05) is 0 Å². The molecule has 0 aliphatic carbocycles. The molecule has 0 saturated carbocycles. The highest BCUT2D eigenvalue weighted by molar-refractivity contribution is 7.89. The zero-order valence-electron chi connectivity index (χ0n) is 13.2. The Kier molecular flexibility index (Phi) is 5.09. The summed E-state index contributed by atoms with van der Waals surface area (Å²) in [6.45, 7) is 1.56. The van der Waals surface area contributed by atoms with E-state index in [4.69, 9.17) is 16.3 Å². The molecule has 1 aliphatic rings. The van der Waals surface area contributed by atoms with Crippen LogP contribution in [0.3, 0.4) is 0 Å². The minimum absolute atomic E-state index is 0.104. The molecule has 2 N–H and O–H groups in total. The van der Waals surface area contributed by atoms with E-state index in [2.05, 4.69) is 15.1 Å². The first-order valence-corrected chi connectivity index (χ1v) is 9.47. The van der Waals surface area contributed by atoms with E-state index in [0.29, 0.717) is 23.0 Å². The molecule has 1 aliphatic heterocycles. The van der Waals surface area contributed by atoms with E-state index < -0.39 is 10.0 Å². The minimum atomic E-state index is -3.62. The Bertz CT molecular complexity index is 816. The fourth-order valence-corrected chi connectivity index (χ4v) is 4.03. The van der Waals surface area contributed by atoms with Gasteiger partial charge in [0, 0.05) is 17.6 Å². The van der Waals surface area contributed by atoms with Gasteiger partial charge in [-0.3, -0.25) is 0 Å². The Morgan fingerprint density at radius 3 is 3.00 bits per heavy atom. The highest BCUT2D eigenvalue weighted by atomic mass is 35.5. The van der Waals surface area contributed by atoms with Crippen molar-refractivity contribution in [3.05, 3.63) is 35.6 Å². The van der Waals surface area contributed by atoms with E-state index in [1.54, 1.807) is 18.2 Å². The van der Waals surface area contributed by atoms with Crippen LogP contribution in [0.5, 0.6) is 5.75 Å². The summed E-state index contributed by atoms with van der Waals surface area (Å²) >= 11 is 6.02. The lowest BCUT2D eigenvalue weighted by Crippen LogP contribution is -2.45. The molecule has 0 bridgehead atoms. The number of hydrogen-bond donors (Lipinski definition) is 2. The highest BCUT2D eigenvalue weighted by Gasteiger charge is 2.23. The van der Waals surface area contributed by atoms with Gasteiger partial charge in [-0.2, -0.15) is 5.10 Å². The molecule has 0 radical (unpaired) electrons. The van der Waals surface area contributed by atoms with Crippen molar-refractivity contribution in [1.82, 2.24) is 19.8 Å². The predicted octanol–water partition coefficient (Wildman–Crippen LogP) is 1.56. The van der Waals surface area contributed by atoms with Gasteiger partial charge in [0.15, 0.2) is 0 Å². The van der Waals surface area contributed by atoms with Crippen LogP contribution in [-0.2, 0) is 10.0 Å². The number of nitrogens with zero attached hydrogens (tertiary/aromatic N) is 2. The average molecular weight is 371 g/mol. The van der Waals surface area contributed by atoms with Crippen LogP contribution in [0.2, 0.25) is 5.02 Å². The smallest absolute Gasteiger partial charge is 0.244 e. The SMILES string of the molecule is COc1ccc(Cl)cc1-n1cc(S(=O)(=O)N[C@@H]2CCCNC2)cn1. The van der Waals surface area contributed by atoms with Gasteiger partial charge < -0.3 is 10.1 Å². The van der Waals surface area contributed by atoms with Crippen molar-refractivity contribution >= 4 is 21.6 Å². The van der Waals surface area contributed by atoms with Crippen LogP contribution < -0.4 is 14.8 Å². The predicted molar refractivity (Wildman–Crippen MR) is 91.3 cm³/mol. The lowest BCUT2D eigenvalue weighted by molar-refractivity contribution is 0.411. The second-order valence-electron chi connectivity index (χ2n) is 5.60. The van der Waals surface area contributed by atoms with Gasteiger partial charge in [0.05, 0.1) is 19.5 Å². The summed E-state index contributed by atoms with van der Waals surface area (Å²) in [5, 5.41) is 7.83. The van der Waals surface area contributed by atoms with Crippen molar-refractivity contribution in [2.75, 3.05) is 20.2 Å². The van der Waals surface area contributed by atoms with Gasteiger partial charge in [-0.1, -0.05) is 11.6 Å². The van der Waals surface area contributed by atoms with Gasteiger partial charge in [0.1, 0.15) is 16.3 Å². The largest absolute Gasteiger partial charge is 0.494 e. The maximum atomic E-state index is 12.5. The Labute approximate surface area is 146 Å². The number of rotatable bonds is 5. The molecule has 1 aromatic carbocycles. The fraction of sp³-hybridized carbons (Fsp3) is 0.400. The Morgan fingerprint density at radius 1 is 1.46 bits per heavy atom. The van der Waals surface area contributed by atoms with Crippen LogP contribution in [0.25, 0.3) is 5.69 Å². The lowest BCUT2D eigenvalue weighted by Gasteiger charge is -2.23. The number of piperidine rings is 1. The van der Waals surface area contributed by atoms with Gasteiger partial charge in [-0.05, 0) is 37.6 Å². The molecular formula is C15H19ClN4O3S. The molecule has 1 aromatic heterocycles. The number of sulfonamides is 1. The maximum absolute atomic E-state index is 12.5. The first-order chi connectivity index (χ1) is 11.5. The van der Waals surface area contributed by atoms with Crippen molar-refractivity contribution in [2.45, 2.75) is 23.8 Å². The van der Waals surface area contributed by atoms with Gasteiger partial charge in [0.25, 0.3) is 0 Å². The molecule has 1 fully saturated rings. The molecule has 1 atom stereocenters. The number of benzene rings is 1. The molecular weight excluding hydrogens is 352 g/mol. The van der Waals surface area contributed by atoms with E-state index in [9.17, 15) is 8.42 Å². The quantitative estimate of drug-likeness (QED) is 0.834. The topological polar surface area (TPSA) is 85.2 Å². The molecule has 1 saturated heterocycles. The zero-order chi connectivity index (χ0) is 17.2. The van der Waals surface area contributed by atoms with Crippen molar-refractivity contribution < 1.29 is 13.2 Å². The van der Waals surface area contributed by atoms with Crippen LogP contribution in [0, 0.1) is 0 Å². The molecule has 2 heterocycles. The molecule has 0 spiro atoms. The molecule has 130 valence electrons. The third-order valence-electron chi connectivity index (χ3n) is 3.88. The van der Waals surface area contributed by atoms with E-state index in [1.165, 1.54) is 24.2 Å². The number of methoxy groups -OCH3 is 1. The number of halogens is 1. The zero-order valence-corrected chi connectivity index (χ0v) is 14.8. The van der Waals surface area contributed by atoms with Crippen molar-refractivity contribution in [1.29, 1.82) is 0 Å². The summed E-state index contributed by atoms with van der Waals surface area (Å²) in [6.07, 6.45) is 4.54. The Morgan fingerprint density at radius 2 is 2.29 bits per heavy atom. The summed E-state index contributed by atoms with van der Waals surface area (Å²) in [5.74, 6) is 0.552. The van der Waals surface area contributed by atoms with E-state index in [0.717, 1.165) is 19.4 Å². The fourth-order valence-electron chi connectivity index (χ4n) is 2.66. The normalized spacial score (nSPS) is 18.5. The summed E-state index contributed by atoms with van der Waals surface area (Å²) in [6, 6.07) is 4.97. The number of aromatic nitrogens is 2. The minimum Gasteiger partial charge on any atom is -0.494 e. The van der Waals surface area contributed by atoms with Crippen LogP contribution in [0.15, 0.2) is 35.5 Å². The standard InChI is InChI=1S/C15H19ClN4O3S/c1-23-15-5-4-11(16)7-14(15)20-10-13(9-18-20)24(21,22)19-12-3-2-6-17-8-12/h4-5,7,9-10,12,17,19H,2-3,6,8H2,1H3/t12-/m1/s1. The van der Waals surface area contributed by atoms with Crippen LogP contribution in [0.1, 0.15) is 12.8 Å². The molecule has 0 unspecified atom stereocenters. The van der Waals surface area contributed by atoms with Gasteiger partial charge in [-0.15, -0.1) is 0 Å². The molecule has 0 amide bonds. The Hall–Kier alpha value is -1.61. The Balaban J connectivity index is 1.86. The van der Waals surface area contributed by atoms with Crippen molar-refractivity contribution in [3.8, 4) is 11.4 Å². The second-order valence-corrected chi connectivity index (χ2v) is 7.75. The average Bonchev–Trinajstić information content (AvgIpc) is 3.06. The van der Waals surface area contributed by atoms with Gasteiger partial charge in [-0.25, -0.2) is 17.8 Å². The van der Waals surface area contributed by atoms with E-state index >= 15 is 0 Å². The van der Waals surface area contributed by atoms with Crippen molar-refractivity contribution in [2.24, 2.45) is 0 Å². The molecule has 24 heavy (non-hydrogen) atoms. The van der Waals surface area contributed by atoms with Gasteiger partial charge >= 0.3 is 0 Å². The summed E-state index contributed by atoms with van der Waals surface area (Å²) in [7, 11) is -2.09. The number of ether oxygens (including phenoxy) is 1. The lowest BCUT2D eigenvalue weighted by atomic mass is 10.1. The monoisotopic (exact) mass is 370 g/mol. The summed E-state index contributed by atoms with van der Waals surface area (Å²) < 4.78 is 34.5. The van der Waals surface area contributed by atoms with Crippen LogP contribution >= 0.6 is 11.6 Å². The first-order valence-electron chi connectivity index (χ1n) is 7.61. The summed E-state index contributed by atoms with van der Waals surface area (Å²) in [4.78, 5) is 0.107. The van der Waals surface area contributed by atoms with Crippen LogP contribution in [0.4, 0.5) is 0 Å². The summed E-state index contributed by atoms with van der Waals surface area (Å²) in [5.41, 5.74) is 0.575. The molecule has 9 heteroatoms. The second kappa shape index (κ2) is 7.10. The number of hydrogen-bond acceptors (Lipinski definition) is 5. The third-order valence-corrected chi connectivity index (χ3v) is 5.59. The maximum Gasteiger partial charge on any atom is 0.244 e. The van der Waals surface area contributed by atoms with Crippen molar-refractivity contribution in [3.63, 3.8) is 0 Å². The molecule has 3 rings (SSSR count). The molecule has 2 aromatic rings.